The van der Waals surface area contributed by atoms with E-state index in [4.69, 9.17) is 10.5 Å². The maximum Gasteiger partial charge on any atom is 0.422 e. The molecule has 1 aromatic carbocycles. The van der Waals surface area contributed by atoms with E-state index in [0.717, 1.165) is 5.56 Å². The van der Waals surface area contributed by atoms with Gasteiger partial charge in [0.25, 0.3) is 0 Å². The highest BCUT2D eigenvalue weighted by atomic mass is 19.4. The molecule has 0 amide bonds. The molecule has 2 rings (SSSR count). The van der Waals surface area contributed by atoms with E-state index in [9.17, 15) is 13.2 Å². The molecule has 88 valence electrons. The first-order valence-electron chi connectivity index (χ1n) is 4.67. The summed E-state index contributed by atoms with van der Waals surface area (Å²) < 4.78 is 45.5. The van der Waals surface area contributed by atoms with Gasteiger partial charge in [-0.1, -0.05) is 0 Å². The molecule has 0 saturated heterocycles. The summed E-state index contributed by atoms with van der Waals surface area (Å²) >= 11 is 0. The van der Waals surface area contributed by atoms with Crippen molar-refractivity contribution < 1.29 is 22.6 Å². The van der Waals surface area contributed by atoms with E-state index in [2.05, 4.69) is 4.74 Å². The lowest BCUT2D eigenvalue weighted by molar-refractivity contribution is -0.153. The van der Waals surface area contributed by atoms with Crippen LogP contribution in [0.4, 0.5) is 13.2 Å². The fourth-order valence-corrected chi connectivity index (χ4v) is 1.47. The number of halogens is 3. The normalized spacial score (nSPS) is 19.1. The number of benzene rings is 1. The standard InChI is InChI=1S/C10H10F3NO2/c11-10(12,13)5-16-6-1-2-7-8(14)4-15-9(7)3-6/h1-3,8H,4-5,14H2. The quantitative estimate of drug-likeness (QED) is 0.849. The van der Waals surface area contributed by atoms with E-state index in [1.54, 1.807) is 6.07 Å². The fourth-order valence-electron chi connectivity index (χ4n) is 1.47. The monoisotopic (exact) mass is 233 g/mol. The largest absolute Gasteiger partial charge is 0.491 e. The lowest BCUT2D eigenvalue weighted by Crippen LogP contribution is -2.19. The van der Waals surface area contributed by atoms with Crippen molar-refractivity contribution in [3.63, 3.8) is 0 Å². The zero-order valence-electron chi connectivity index (χ0n) is 8.25. The number of hydrogen-bond donors (Lipinski definition) is 1. The molecular weight excluding hydrogens is 223 g/mol. The van der Waals surface area contributed by atoms with Crippen LogP contribution in [-0.2, 0) is 0 Å². The lowest BCUT2D eigenvalue weighted by Gasteiger charge is -2.10. The average molecular weight is 233 g/mol. The van der Waals surface area contributed by atoms with Gasteiger partial charge in [-0.3, -0.25) is 0 Å². The zero-order valence-corrected chi connectivity index (χ0v) is 8.25. The van der Waals surface area contributed by atoms with Gasteiger partial charge in [-0.25, -0.2) is 0 Å². The van der Waals surface area contributed by atoms with Crippen molar-refractivity contribution in [2.75, 3.05) is 13.2 Å². The van der Waals surface area contributed by atoms with Gasteiger partial charge in [0.2, 0.25) is 0 Å². The minimum atomic E-state index is -4.34. The van der Waals surface area contributed by atoms with Crippen LogP contribution >= 0.6 is 0 Å². The molecular formula is C10H10F3NO2. The Morgan fingerprint density at radius 3 is 2.88 bits per heavy atom. The Kier molecular flexibility index (Phi) is 2.67. The lowest BCUT2D eigenvalue weighted by atomic mass is 10.1. The maximum atomic E-state index is 11.9. The summed E-state index contributed by atoms with van der Waals surface area (Å²) in [4.78, 5) is 0. The minimum absolute atomic E-state index is 0.130. The van der Waals surface area contributed by atoms with Crippen LogP contribution in [0.5, 0.6) is 11.5 Å². The van der Waals surface area contributed by atoms with E-state index in [0.29, 0.717) is 12.4 Å². The smallest absolute Gasteiger partial charge is 0.422 e. The summed E-state index contributed by atoms with van der Waals surface area (Å²) in [6, 6.07) is 4.29. The van der Waals surface area contributed by atoms with E-state index in [1.165, 1.54) is 12.1 Å². The Morgan fingerprint density at radius 2 is 2.19 bits per heavy atom. The summed E-state index contributed by atoms with van der Waals surface area (Å²) in [7, 11) is 0. The van der Waals surface area contributed by atoms with Gasteiger partial charge < -0.3 is 15.2 Å². The first kappa shape index (κ1) is 11.1. The third-order valence-electron chi connectivity index (χ3n) is 2.21. The molecule has 6 heteroatoms. The minimum Gasteiger partial charge on any atom is -0.491 e. The van der Waals surface area contributed by atoms with Crippen molar-refractivity contribution in [1.82, 2.24) is 0 Å². The van der Waals surface area contributed by atoms with Crippen LogP contribution in [0.25, 0.3) is 0 Å². The topological polar surface area (TPSA) is 44.5 Å². The van der Waals surface area contributed by atoms with Crippen molar-refractivity contribution >= 4 is 0 Å². The Morgan fingerprint density at radius 1 is 1.44 bits per heavy atom. The summed E-state index contributed by atoms with van der Waals surface area (Å²) in [5.41, 5.74) is 6.48. The highest BCUT2D eigenvalue weighted by Crippen LogP contribution is 2.34. The van der Waals surface area contributed by atoms with Gasteiger partial charge in [0.15, 0.2) is 6.61 Å². The van der Waals surface area contributed by atoms with Gasteiger partial charge in [-0.15, -0.1) is 0 Å². The second-order valence-corrected chi connectivity index (χ2v) is 3.52. The number of nitrogens with two attached hydrogens (primary N) is 1. The van der Waals surface area contributed by atoms with Crippen LogP contribution in [0.3, 0.4) is 0 Å². The van der Waals surface area contributed by atoms with Crippen molar-refractivity contribution in [3.05, 3.63) is 23.8 Å². The number of fused-ring (bicyclic) bond motifs is 1. The third kappa shape index (κ3) is 2.38. The van der Waals surface area contributed by atoms with Crippen LogP contribution in [0.2, 0.25) is 0 Å². The third-order valence-corrected chi connectivity index (χ3v) is 2.21. The number of rotatable bonds is 2. The van der Waals surface area contributed by atoms with Gasteiger partial charge in [-0.05, 0) is 12.1 Å². The zero-order chi connectivity index (χ0) is 11.8. The molecule has 1 aliphatic heterocycles. The van der Waals surface area contributed by atoms with E-state index < -0.39 is 12.8 Å². The van der Waals surface area contributed by atoms with E-state index >= 15 is 0 Å². The molecule has 0 aliphatic carbocycles. The molecule has 0 saturated carbocycles. The molecule has 1 unspecified atom stereocenters. The van der Waals surface area contributed by atoms with Crippen LogP contribution in [0.1, 0.15) is 11.6 Å². The number of alkyl halides is 3. The van der Waals surface area contributed by atoms with E-state index in [-0.39, 0.29) is 11.8 Å². The predicted octanol–water partition coefficient (Wildman–Crippen LogP) is 2.02. The first-order chi connectivity index (χ1) is 7.46. The maximum absolute atomic E-state index is 11.9. The summed E-state index contributed by atoms with van der Waals surface area (Å²) in [5.74, 6) is 0.623. The molecule has 2 N–H and O–H groups in total. The molecule has 1 aromatic rings. The summed E-state index contributed by atoms with van der Waals surface area (Å²) in [6.45, 7) is -0.962. The first-order valence-corrected chi connectivity index (χ1v) is 4.67. The van der Waals surface area contributed by atoms with Crippen molar-refractivity contribution in [2.45, 2.75) is 12.2 Å². The number of hydrogen-bond acceptors (Lipinski definition) is 3. The summed E-state index contributed by atoms with van der Waals surface area (Å²) in [5, 5.41) is 0. The summed E-state index contributed by atoms with van der Waals surface area (Å²) in [6.07, 6.45) is -4.34. The fraction of sp³-hybridized carbons (Fsp3) is 0.400. The van der Waals surface area contributed by atoms with Gasteiger partial charge in [0, 0.05) is 11.6 Å². The second-order valence-electron chi connectivity index (χ2n) is 3.52. The highest BCUT2D eigenvalue weighted by molar-refractivity contribution is 5.44. The molecule has 0 fully saturated rings. The van der Waals surface area contributed by atoms with Gasteiger partial charge in [-0.2, -0.15) is 13.2 Å². The molecule has 1 heterocycles. The van der Waals surface area contributed by atoms with E-state index in [1.807, 2.05) is 0 Å². The molecule has 1 aliphatic rings. The molecule has 0 bridgehead atoms. The Balaban J connectivity index is 2.08. The van der Waals surface area contributed by atoms with Crippen LogP contribution in [0, 0.1) is 0 Å². The van der Waals surface area contributed by atoms with Crippen LogP contribution < -0.4 is 15.2 Å². The molecule has 0 spiro atoms. The molecule has 0 aromatic heterocycles. The average Bonchev–Trinajstić information content (AvgIpc) is 2.56. The predicted molar refractivity (Wildman–Crippen MR) is 50.4 cm³/mol. The second kappa shape index (κ2) is 3.86. The Labute approximate surface area is 89.9 Å². The van der Waals surface area contributed by atoms with Crippen molar-refractivity contribution in [1.29, 1.82) is 0 Å². The highest BCUT2D eigenvalue weighted by Gasteiger charge is 2.29. The molecule has 3 nitrogen and oxygen atoms in total. The van der Waals surface area contributed by atoms with Gasteiger partial charge in [0.05, 0.1) is 6.04 Å². The molecule has 0 radical (unpaired) electrons. The van der Waals surface area contributed by atoms with Crippen LogP contribution in [0.15, 0.2) is 18.2 Å². The Hall–Kier alpha value is -1.43. The van der Waals surface area contributed by atoms with Gasteiger partial charge >= 0.3 is 6.18 Å². The van der Waals surface area contributed by atoms with Crippen LogP contribution in [-0.4, -0.2) is 19.4 Å². The van der Waals surface area contributed by atoms with Gasteiger partial charge in [0.1, 0.15) is 18.1 Å². The molecule has 16 heavy (non-hydrogen) atoms. The van der Waals surface area contributed by atoms with Crippen molar-refractivity contribution in [2.24, 2.45) is 5.73 Å². The SMILES string of the molecule is NC1COc2cc(OCC(F)(F)F)ccc21. The Bertz CT molecular complexity index is 392. The molecule has 1 atom stereocenters. The van der Waals surface area contributed by atoms with Crippen molar-refractivity contribution in [3.8, 4) is 11.5 Å². The number of ether oxygens (including phenoxy) is 2.